The van der Waals surface area contributed by atoms with E-state index in [-0.39, 0.29) is 11.4 Å². The van der Waals surface area contributed by atoms with E-state index in [1.165, 1.54) is 6.07 Å². The summed E-state index contributed by atoms with van der Waals surface area (Å²) in [4.78, 5) is 0. The zero-order valence-corrected chi connectivity index (χ0v) is 13.6. The fourth-order valence-corrected chi connectivity index (χ4v) is 2.26. The summed E-state index contributed by atoms with van der Waals surface area (Å²) in [6.07, 6.45) is 1.69. The van der Waals surface area contributed by atoms with E-state index in [1.54, 1.807) is 16.9 Å². The number of rotatable bonds is 3. The Morgan fingerprint density at radius 1 is 1.35 bits per heavy atom. The van der Waals surface area contributed by atoms with Crippen molar-refractivity contribution in [3.8, 4) is 5.69 Å². The van der Waals surface area contributed by atoms with E-state index in [9.17, 15) is 4.39 Å². The molecule has 0 radical (unpaired) electrons. The van der Waals surface area contributed by atoms with Crippen LogP contribution in [0.2, 0.25) is 0 Å². The summed E-state index contributed by atoms with van der Waals surface area (Å²) in [7, 11) is 0. The fraction of sp³-hybridized carbons (Fsp3) is 0.429. The van der Waals surface area contributed by atoms with Crippen LogP contribution in [0.1, 0.15) is 32.0 Å². The van der Waals surface area contributed by atoms with Crippen molar-refractivity contribution in [2.75, 3.05) is 0 Å². The largest absolute Gasteiger partial charge is 0.306 e. The second-order valence-corrected chi connectivity index (χ2v) is 6.65. The number of hydrogen-bond acceptors (Lipinski definition) is 3. The standard InChI is InChI=1S/C14H18BrFN4/c1-9-5-11(15)12(16)6-13(9)20-10(8-18-19-20)7-17-14(2,3)4/h5-6,8,17H,7H2,1-4H3. The van der Waals surface area contributed by atoms with Crippen molar-refractivity contribution in [3.05, 3.63) is 39.9 Å². The first kappa shape index (κ1) is 15.1. The lowest BCUT2D eigenvalue weighted by atomic mass is 10.1. The van der Waals surface area contributed by atoms with Gasteiger partial charge in [-0.3, -0.25) is 0 Å². The van der Waals surface area contributed by atoms with Crippen LogP contribution in [0.5, 0.6) is 0 Å². The number of hydrogen-bond donors (Lipinski definition) is 1. The van der Waals surface area contributed by atoms with Crippen LogP contribution in [-0.4, -0.2) is 20.5 Å². The number of benzene rings is 1. The Balaban J connectivity index is 2.35. The molecule has 0 aliphatic carbocycles. The number of nitrogens with one attached hydrogen (secondary N) is 1. The van der Waals surface area contributed by atoms with E-state index in [4.69, 9.17) is 0 Å². The van der Waals surface area contributed by atoms with Crippen molar-refractivity contribution in [1.29, 1.82) is 0 Å². The number of aryl methyl sites for hydroxylation is 1. The maximum Gasteiger partial charge on any atom is 0.139 e. The van der Waals surface area contributed by atoms with Gasteiger partial charge >= 0.3 is 0 Å². The molecule has 0 saturated carbocycles. The molecule has 1 N–H and O–H groups in total. The lowest BCUT2D eigenvalue weighted by molar-refractivity contribution is 0.418. The molecule has 0 unspecified atom stereocenters. The van der Waals surface area contributed by atoms with Gasteiger partial charge in [0.15, 0.2) is 0 Å². The molecule has 0 aliphatic heterocycles. The summed E-state index contributed by atoms with van der Waals surface area (Å²) in [6.45, 7) is 8.80. The summed E-state index contributed by atoms with van der Waals surface area (Å²) >= 11 is 3.19. The second kappa shape index (κ2) is 5.61. The van der Waals surface area contributed by atoms with E-state index in [1.807, 2.05) is 6.92 Å². The molecule has 0 fully saturated rings. The molecular weight excluding hydrogens is 323 g/mol. The Bertz CT molecular complexity index is 616. The van der Waals surface area contributed by atoms with Crippen LogP contribution in [0.25, 0.3) is 5.69 Å². The zero-order chi connectivity index (χ0) is 14.9. The minimum Gasteiger partial charge on any atom is -0.306 e. The normalized spacial score (nSPS) is 11.9. The Labute approximate surface area is 126 Å². The molecule has 1 aromatic heterocycles. The molecule has 0 amide bonds. The first-order valence-corrected chi connectivity index (χ1v) is 7.18. The summed E-state index contributed by atoms with van der Waals surface area (Å²) in [6, 6.07) is 3.21. The zero-order valence-electron chi connectivity index (χ0n) is 12.0. The van der Waals surface area contributed by atoms with Gasteiger partial charge in [-0.15, -0.1) is 5.10 Å². The van der Waals surface area contributed by atoms with Crippen LogP contribution >= 0.6 is 15.9 Å². The maximum atomic E-state index is 13.7. The Hall–Kier alpha value is -1.27. The Morgan fingerprint density at radius 3 is 2.70 bits per heavy atom. The van der Waals surface area contributed by atoms with Crippen LogP contribution in [-0.2, 0) is 6.54 Å². The minimum absolute atomic E-state index is 0.00485. The quantitative estimate of drug-likeness (QED) is 0.931. The third-order valence-electron chi connectivity index (χ3n) is 2.89. The molecule has 0 spiro atoms. The maximum absolute atomic E-state index is 13.7. The lowest BCUT2D eigenvalue weighted by Gasteiger charge is -2.20. The molecule has 0 aliphatic rings. The van der Waals surface area contributed by atoms with Crippen LogP contribution in [0.3, 0.4) is 0 Å². The first-order chi connectivity index (χ1) is 9.28. The molecule has 1 aromatic carbocycles. The van der Waals surface area contributed by atoms with Gasteiger partial charge in [-0.1, -0.05) is 5.21 Å². The van der Waals surface area contributed by atoms with Gasteiger partial charge in [0.25, 0.3) is 0 Å². The smallest absolute Gasteiger partial charge is 0.139 e. The molecule has 0 bridgehead atoms. The summed E-state index contributed by atoms with van der Waals surface area (Å²) in [5, 5.41) is 11.4. The van der Waals surface area contributed by atoms with Crippen LogP contribution < -0.4 is 5.32 Å². The number of aromatic nitrogens is 3. The van der Waals surface area contributed by atoms with Gasteiger partial charge in [0.05, 0.1) is 22.1 Å². The molecule has 2 aromatic rings. The Kier molecular flexibility index (Phi) is 4.25. The highest BCUT2D eigenvalue weighted by Crippen LogP contribution is 2.23. The number of nitrogens with zero attached hydrogens (tertiary/aromatic N) is 3. The highest BCUT2D eigenvalue weighted by molar-refractivity contribution is 9.10. The van der Waals surface area contributed by atoms with E-state index in [0.29, 0.717) is 16.7 Å². The van der Waals surface area contributed by atoms with Crippen LogP contribution in [0.15, 0.2) is 22.8 Å². The average molecular weight is 341 g/mol. The SMILES string of the molecule is Cc1cc(Br)c(F)cc1-n1nncc1CNC(C)(C)C. The highest BCUT2D eigenvalue weighted by atomic mass is 79.9. The van der Waals surface area contributed by atoms with Crippen LogP contribution in [0.4, 0.5) is 4.39 Å². The van der Waals surface area contributed by atoms with Gasteiger partial charge in [0, 0.05) is 18.2 Å². The van der Waals surface area contributed by atoms with Gasteiger partial charge in [-0.2, -0.15) is 0 Å². The average Bonchev–Trinajstić information content (AvgIpc) is 2.78. The molecule has 6 heteroatoms. The van der Waals surface area contributed by atoms with Gasteiger partial charge in [-0.25, -0.2) is 9.07 Å². The molecule has 108 valence electrons. The molecule has 20 heavy (non-hydrogen) atoms. The first-order valence-electron chi connectivity index (χ1n) is 6.38. The molecule has 0 saturated heterocycles. The predicted octanol–water partition coefficient (Wildman–Crippen LogP) is 3.37. The van der Waals surface area contributed by atoms with Crippen molar-refractivity contribution < 1.29 is 4.39 Å². The summed E-state index contributed by atoms with van der Waals surface area (Å²) in [5.41, 5.74) is 2.52. The predicted molar refractivity (Wildman–Crippen MR) is 80.3 cm³/mol. The fourth-order valence-electron chi connectivity index (χ4n) is 1.80. The van der Waals surface area contributed by atoms with Gasteiger partial charge < -0.3 is 5.32 Å². The van der Waals surface area contributed by atoms with E-state index >= 15 is 0 Å². The topological polar surface area (TPSA) is 42.7 Å². The van der Waals surface area contributed by atoms with Crippen LogP contribution in [0, 0.1) is 12.7 Å². The highest BCUT2D eigenvalue weighted by Gasteiger charge is 2.14. The minimum atomic E-state index is -0.309. The molecule has 4 nitrogen and oxygen atoms in total. The van der Waals surface area contributed by atoms with Gasteiger partial charge in [-0.05, 0) is 55.3 Å². The van der Waals surface area contributed by atoms with E-state index in [2.05, 4.69) is 52.3 Å². The monoisotopic (exact) mass is 340 g/mol. The molecular formula is C14H18BrFN4. The third-order valence-corrected chi connectivity index (χ3v) is 3.49. The van der Waals surface area contributed by atoms with Crippen molar-refractivity contribution in [3.63, 3.8) is 0 Å². The van der Waals surface area contributed by atoms with E-state index < -0.39 is 0 Å². The third kappa shape index (κ3) is 3.43. The lowest BCUT2D eigenvalue weighted by Crippen LogP contribution is -2.35. The van der Waals surface area contributed by atoms with Crippen molar-refractivity contribution in [2.45, 2.75) is 39.8 Å². The van der Waals surface area contributed by atoms with Gasteiger partial charge in [0.1, 0.15) is 5.82 Å². The Morgan fingerprint density at radius 2 is 2.05 bits per heavy atom. The van der Waals surface area contributed by atoms with E-state index in [0.717, 1.165) is 11.3 Å². The van der Waals surface area contributed by atoms with Gasteiger partial charge in [0.2, 0.25) is 0 Å². The molecule has 1 heterocycles. The summed E-state index contributed by atoms with van der Waals surface area (Å²) in [5.74, 6) is -0.309. The van der Waals surface area contributed by atoms with Crippen molar-refractivity contribution in [2.24, 2.45) is 0 Å². The molecule has 2 rings (SSSR count). The van der Waals surface area contributed by atoms with Crippen molar-refractivity contribution >= 4 is 15.9 Å². The number of halogens is 2. The molecule has 0 atom stereocenters. The summed E-state index contributed by atoms with van der Waals surface area (Å²) < 4.78 is 15.9. The van der Waals surface area contributed by atoms with Crippen molar-refractivity contribution in [1.82, 2.24) is 20.3 Å². The second-order valence-electron chi connectivity index (χ2n) is 5.79.